The zero-order valence-corrected chi connectivity index (χ0v) is 9.82. The normalized spacial score (nSPS) is 36.2. The summed E-state index contributed by atoms with van der Waals surface area (Å²) in [5.41, 5.74) is 0.119. The SMILES string of the molecule is CC[C@H]1CO[C@H](C(C)(C)C)C[S@]1=O. The van der Waals surface area contributed by atoms with Gasteiger partial charge in [0, 0.05) is 10.8 Å². The molecule has 1 fully saturated rings. The zero-order chi connectivity index (χ0) is 10.1. The van der Waals surface area contributed by atoms with E-state index in [1.165, 1.54) is 0 Å². The monoisotopic (exact) mass is 204 g/mol. The van der Waals surface area contributed by atoms with Gasteiger partial charge in [0.2, 0.25) is 0 Å². The fourth-order valence-electron chi connectivity index (χ4n) is 1.44. The quantitative estimate of drug-likeness (QED) is 0.652. The van der Waals surface area contributed by atoms with Gasteiger partial charge in [0.05, 0.1) is 23.7 Å². The van der Waals surface area contributed by atoms with E-state index in [1.54, 1.807) is 0 Å². The molecule has 1 rings (SSSR count). The maximum Gasteiger partial charge on any atom is 0.0739 e. The second-order valence-electron chi connectivity index (χ2n) is 4.77. The minimum absolute atomic E-state index is 0.119. The second-order valence-corrected chi connectivity index (χ2v) is 6.53. The molecular formula is C10H20O2S. The number of rotatable bonds is 1. The highest BCUT2D eigenvalue weighted by Gasteiger charge is 2.34. The number of hydrogen-bond donors (Lipinski definition) is 0. The van der Waals surface area contributed by atoms with E-state index in [4.69, 9.17) is 4.74 Å². The Hall–Kier alpha value is 0.110. The standard InChI is InChI=1S/C10H20O2S/c1-5-8-6-12-9(7-13(8)11)10(2,3)4/h8-9H,5-7H2,1-4H3/t8-,9-,13+/m0/s1. The molecule has 0 bridgehead atoms. The fourth-order valence-corrected chi connectivity index (χ4v) is 3.21. The van der Waals surface area contributed by atoms with Gasteiger partial charge in [0.1, 0.15) is 0 Å². The molecule has 78 valence electrons. The Morgan fingerprint density at radius 3 is 2.46 bits per heavy atom. The molecule has 0 spiro atoms. The van der Waals surface area contributed by atoms with Gasteiger partial charge in [-0.2, -0.15) is 0 Å². The molecule has 0 unspecified atom stereocenters. The van der Waals surface area contributed by atoms with Gasteiger partial charge in [0.15, 0.2) is 0 Å². The lowest BCUT2D eigenvalue weighted by Gasteiger charge is -2.36. The van der Waals surface area contributed by atoms with Gasteiger partial charge in [-0.25, -0.2) is 0 Å². The molecule has 3 atom stereocenters. The third-order valence-electron chi connectivity index (χ3n) is 2.59. The van der Waals surface area contributed by atoms with Crippen LogP contribution in [0.15, 0.2) is 0 Å². The Morgan fingerprint density at radius 1 is 1.46 bits per heavy atom. The Kier molecular flexibility index (Phi) is 3.52. The Bertz CT molecular complexity index is 196. The van der Waals surface area contributed by atoms with E-state index in [9.17, 15) is 4.21 Å². The minimum Gasteiger partial charge on any atom is -0.375 e. The van der Waals surface area contributed by atoms with Crippen LogP contribution in [0.3, 0.4) is 0 Å². The van der Waals surface area contributed by atoms with Crippen LogP contribution >= 0.6 is 0 Å². The van der Waals surface area contributed by atoms with E-state index < -0.39 is 10.8 Å². The molecule has 1 saturated heterocycles. The molecule has 0 aromatic rings. The van der Waals surface area contributed by atoms with Crippen molar-refractivity contribution in [2.45, 2.75) is 45.5 Å². The van der Waals surface area contributed by atoms with Gasteiger partial charge in [0.25, 0.3) is 0 Å². The highest BCUT2D eigenvalue weighted by Crippen LogP contribution is 2.27. The van der Waals surface area contributed by atoms with E-state index in [0.29, 0.717) is 12.4 Å². The summed E-state index contributed by atoms with van der Waals surface area (Å²) in [6.45, 7) is 9.16. The topological polar surface area (TPSA) is 26.3 Å². The maximum absolute atomic E-state index is 11.7. The average molecular weight is 204 g/mol. The predicted molar refractivity (Wildman–Crippen MR) is 56.3 cm³/mol. The smallest absolute Gasteiger partial charge is 0.0739 e. The van der Waals surface area contributed by atoms with Gasteiger partial charge in [-0.3, -0.25) is 4.21 Å². The molecule has 0 amide bonds. The van der Waals surface area contributed by atoms with Crippen molar-refractivity contribution in [2.24, 2.45) is 5.41 Å². The molecular weight excluding hydrogens is 184 g/mol. The van der Waals surface area contributed by atoms with Crippen LogP contribution in [-0.4, -0.2) is 27.9 Å². The van der Waals surface area contributed by atoms with Crippen LogP contribution in [0.2, 0.25) is 0 Å². The summed E-state index contributed by atoms with van der Waals surface area (Å²) in [5.74, 6) is 0.710. The third-order valence-corrected chi connectivity index (χ3v) is 4.44. The first-order valence-electron chi connectivity index (χ1n) is 4.94. The molecule has 0 radical (unpaired) electrons. The molecule has 3 heteroatoms. The highest BCUT2D eigenvalue weighted by molar-refractivity contribution is 7.85. The van der Waals surface area contributed by atoms with Crippen LogP contribution in [0, 0.1) is 5.41 Å². The maximum atomic E-state index is 11.7. The van der Waals surface area contributed by atoms with Crippen LogP contribution in [0.4, 0.5) is 0 Å². The van der Waals surface area contributed by atoms with Crippen molar-refractivity contribution < 1.29 is 8.95 Å². The summed E-state index contributed by atoms with van der Waals surface area (Å²) in [4.78, 5) is 0. The molecule has 0 aliphatic carbocycles. The molecule has 13 heavy (non-hydrogen) atoms. The molecule has 0 N–H and O–H groups in total. The summed E-state index contributed by atoms with van der Waals surface area (Å²) < 4.78 is 17.4. The molecule has 0 aromatic carbocycles. The van der Waals surface area contributed by atoms with Crippen LogP contribution in [0.5, 0.6) is 0 Å². The van der Waals surface area contributed by atoms with E-state index in [-0.39, 0.29) is 16.8 Å². The molecule has 0 saturated carbocycles. The zero-order valence-electron chi connectivity index (χ0n) is 9.00. The fraction of sp³-hybridized carbons (Fsp3) is 1.00. The van der Waals surface area contributed by atoms with Crippen molar-refractivity contribution in [1.82, 2.24) is 0 Å². The van der Waals surface area contributed by atoms with E-state index in [2.05, 4.69) is 27.7 Å². The van der Waals surface area contributed by atoms with Crippen molar-refractivity contribution in [3.05, 3.63) is 0 Å². The Labute approximate surface area is 83.5 Å². The van der Waals surface area contributed by atoms with E-state index >= 15 is 0 Å². The van der Waals surface area contributed by atoms with Crippen molar-refractivity contribution in [3.63, 3.8) is 0 Å². The third kappa shape index (κ3) is 2.78. The lowest BCUT2D eigenvalue weighted by atomic mass is 9.90. The first kappa shape index (κ1) is 11.2. The summed E-state index contributed by atoms with van der Waals surface area (Å²) in [5, 5.41) is 0.263. The average Bonchev–Trinajstić information content (AvgIpc) is 2.02. The molecule has 1 aliphatic heterocycles. The molecule has 0 aromatic heterocycles. The summed E-state index contributed by atoms with van der Waals surface area (Å²) >= 11 is 0. The van der Waals surface area contributed by atoms with Gasteiger partial charge in [-0.1, -0.05) is 27.7 Å². The first-order chi connectivity index (χ1) is 5.95. The number of ether oxygens (including phenoxy) is 1. The largest absolute Gasteiger partial charge is 0.375 e. The molecule has 1 aliphatic rings. The van der Waals surface area contributed by atoms with Crippen molar-refractivity contribution in [3.8, 4) is 0 Å². The molecule has 1 heterocycles. The summed E-state index contributed by atoms with van der Waals surface area (Å²) in [6.07, 6.45) is 1.12. The van der Waals surface area contributed by atoms with E-state index in [0.717, 1.165) is 6.42 Å². The van der Waals surface area contributed by atoms with Gasteiger partial charge >= 0.3 is 0 Å². The summed E-state index contributed by atoms with van der Waals surface area (Å²) in [6, 6.07) is 0. The lowest BCUT2D eigenvalue weighted by molar-refractivity contribution is -0.00884. The highest BCUT2D eigenvalue weighted by atomic mass is 32.2. The Balaban J connectivity index is 2.56. The molecule has 2 nitrogen and oxygen atoms in total. The van der Waals surface area contributed by atoms with Gasteiger partial charge < -0.3 is 4.74 Å². The van der Waals surface area contributed by atoms with Crippen molar-refractivity contribution in [1.29, 1.82) is 0 Å². The minimum atomic E-state index is -0.680. The van der Waals surface area contributed by atoms with Crippen LogP contribution in [0.1, 0.15) is 34.1 Å². The Morgan fingerprint density at radius 2 is 2.08 bits per heavy atom. The predicted octanol–water partition coefficient (Wildman–Crippen LogP) is 1.96. The van der Waals surface area contributed by atoms with Gasteiger partial charge in [-0.05, 0) is 11.8 Å². The van der Waals surface area contributed by atoms with Crippen molar-refractivity contribution in [2.75, 3.05) is 12.4 Å². The first-order valence-corrected chi connectivity index (χ1v) is 6.32. The van der Waals surface area contributed by atoms with Gasteiger partial charge in [-0.15, -0.1) is 0 Å². The van der Waals surface area contributed by atoms with E-state index in [1.807, 2.05) is 0 Å². The van der Waals surface area contributed by atoms with Crippen LogP contribution < -0.4 is 0 Å². The van der Waals surface area contributed by atoms with Crippen LogP contribution in [0.25, 0.3) is 0 Å². The summed E-state index contributed by atoms with van der Waals surface area (Å²) in [7, 11) is -0.680. The number of hydrogen-bond acceptors (Lipinski definition) is 2. The second kappa shape index (κ2) is 4.09. The van der Waals surface area contributed by atoms with Crippen LogP contribution in [-0.2, 0) is 15.5 Å². The lowest BCUT2D eigenvalue weighted by Crippen LogP contribution is -2.44. The van der Waals surface area contributed by atoms with Crippen molar-refractivity contribution >= 4 is 10.8 Å².